The van der Waals surface area contributed by atoms with Gasteiger partial charge in [0.25, 0.3) is 5.91 Å². The maximum Gasteiger partial charge on any atom is 0.253 e. The lowest BCUT2D eigenvalue weighted by Crippen LogP contribution is -2.32. The highest BCUT2D eigenvalue weighted by Crippen LogP contribution is 2.25. The number of carbonyl (C=O) groups is 1. The van der Waals surface area contributed by atoms with Gasteiger partial charge in [-0.2, -0.15) is 0 Å². The first-order valence-corrected chi connectivity index (χ1v) is 12.9. The van der Waals surface area contributed by atoms with Crippen molar-refractivity contribution in [3.63, 3.8) is 0 Å². The van der Waals surface area contributed by atoms with Crippen molar-refractivity contribution in [3.8, 4) is 0 Å². The number of sulfonamides is 1. The number of carbonyl (C=O) groups excluding carboxylic acids is 1. The molecule has 0 aromatic heterocycles. The van der Waals surface area contributed by atoms with Crippen LogP contribution in [-0.2, 0) is 23.1 Å². The van der Waals surface area contributed by atoms with E-state index in [1.165, 1.54) is 4.31 Å². The number of nitrogens with zero attached hydrogens (tertiary/aromatic N) is 2. The largest absolute Gasteiger partial charge is 0.372 e. The average molecular weight is 466 g/mol. The van der Waals surface area contributed by atoms with Crippen LogP contribution >= 0.6 is 0 Å². The van der Waals surface area contributed by atoms with Crippen molar-refractivity contribution in [2.75, 3.05) is 28.6 Å². The van der Waals surface area contributed by atoms with E-state index < -0.39 is 10.0 Å². The van der Waals surface area contributed by atoms with Crippen LogP contribution in [-0.4, -0.2) is 33.7 Å². The quantitative estimate of drug-likeness (QED) is 0.481. The van der Waals surface area contributed by atoms with E-state index in [2.05, 4.69) is 24.1 Å². The average Bonchev–Trinajstić information content (AvgIpc) is 2.82. The molecular weight excluding hydrogens is 434 g/mol. The van der Waals surface area contributed by atoms with Crippen LogP contribution in [0, 0.1) is 0 Å². The van der Waals surface area contributed by atoms with Crippen molar-refractivity contribution in [1.82, 2.24) is 5.32 Å². The van der Waals surface area contributed by atoms with Crippen molar-refractivity contribution in [1.29, 1.82) is 0 Å². The van der Waals surface area contributed by atoms with Crippen LogP contribution < -0.4 is 14.5 Å². The number of rotatable bonds is 10. The summed E-state index contributed by atoms with van der Waals surface area (Å²) in [6.45, 7) is 6.60. The molecule has 0 aliphatic heterocycles. The van der Waals surface area contributed by atoms with Gasteiger partial charge in [0.1, 0.15) is 0 Å². The van der Waals surface area contributed by atoms with Gasteiger partial charge in [-0.3, -0.25) is 9.10 Å². The molecule has 0 spiro atoms. The van der Waals surface area contributed by atoms with E-state index in [4.69, 9.17) is 0 Å². The molecule has 3 aromatic rings. The monoisotopic (exact) mass is 465 g/mol. The Kier molecular flexibility index (Phi) is 8.11. The van der Waals surface area contributed by atoms with Gasteiger partial charge in [0.15, 0.2) is 0 Å². The Labute approximate surface area is 196 Å². The van der Waals surface area contributed by atoms with Crippen molar-refractivity contribution in [2.24, 2.45) is 0 Å². The predicted molar refractivity (Wildman–Crippen MR) is 135 cm³/mol. The first kappa shape index (κ1) is 24.3. The Balaban J connectivity index is 1.79. The Hall–Kier alpha value is -3.32. The Morgan fingerprint density at radius 2 is 1.42 bits per heavy atom. The number of amides is 1. The van der Waals surface area contributed by atoms with E-state index in [1.807, 2.05) is 54.6 Å². The standard InChI is InChI=1S/C26H31N3O3S/c1-4-28(5-2)23-17-15-21(16-18-23)19-27-26(30)24-13-9-10-14-25(24)29(33(3,31)32)20-22-11-7-6-8-12-22/h6-18H,4-5,19-20H2,1-3H3,(H,27,30). The summed E-state index contributed by atoms with van der Waals surface area (Å²) in [6, 6.07) is 24.2. The molecule has 0 fully saturated rings. The number of benzene rings is 3. The predicted octanol–water partition coefficient (Wildman–Crippen LogP) is 4.43. The molecule has 0 heterocycles. The molecule has 33 heavy (non-hydrogen) atoms. The minimum Gasteiger partial charge on any atom is -0.372 e. The second-order valence-electron chi connectivity index (χ2n) is 7.79. The van der Waals surface area contributed by atoms with Gasteiger partial charge in [0, 0.05) is 25.3 Å². The molecule has 6 nitrogen and oxygen atoms in total. The summed E-state index contributed by atoms with van der Waals surface area (Å²) in [5, 5.41) is 2.93. The third-order valence-electron chi connectivity index (χ3n) is 5.50. The van der Waals surface area contributed by atoms with Gasteiger partial charge in [-0.05, 0) is 49.2 Å². The van der Waals surface area contributed by atoms with Crippen LogP contribution in [0.3, 0.4) is 0 Å². The minimum absolute atomic E-state index is 0.150. The summed E-state index contributed by atoms with van der Waals surface area (Å²) in [6.07, 6.45) is 1.15. The van der Waals surface area contributed by atoms with E-state index in [1.54, 1.807) is 24.3 Å². The Bertz CT molecular complexity index is 1160. The molecule has 3 rings (SSSR count). The second-order valence-corrected chi connectivity index (χ2v) is 9.70. The highest BCUT2D eigenvalue weighted by atomic mass is 32.2. The number of hydrogen-bond donors (Lipinski definition) is 1. The summed E-state index contributed by atoms with van der Waals surface area (Å²) in [5.41, 5.74) is 3.63. The van der Waals surface area contributed by atoms with Crippen molar-refractivity contribution in [3.05, 3.63) is 95.6 Å². The van der Waals surface area contributed by atoms with Gasteiger partial charge < -0.3 is 10.2 Å². The molecule has 1 N–H and O–H groups in total. The van der Waals surface area contributed by atoms with Crippen LogP contribution in [0.2, 0.25) is 0 Å². The van der Waals surface area contributed by atoms with E-state index >= 15 is 0 Å². The maximum absolute atomic E-state index is 13.0. The molecule has 1 amide bonds. The zero-order valence-electron chi connectivity index (χ0n) is 19.4. The van der Waals surface area contributed by atoms with Crippen molar-refractivity contribution >= 4 is 27.3 Å². The van der Waals surface area contributed by atoms with Gasteiger partial charge in [-0.1, -0.05) is 54.6 Å². The fraction of sp³-hybridized carbons (Fsp3) is 0.269. The lowest BCUT2D eigenvalue weighted by Gasteiger charge is -2.25. The molecule has 0 bridgehead atoms. The third kappa shape index (κ3) is 6.35. The third-order valence-corrected chi connectivity index (χ3v) is 6.63. The van der Waals surface area contributed by atoms with Crippen LogP contribution in [0.15, 0.2) is 78.9 Å². The van der Waals surface area contributed by atoms with Gasteiger partial charge >= 0.3 is 0 Å². The normalized spacial score (nSPS) is 11.1. The zero-order valence-corrected chi connectivity index (χ0v) is 20.2. The molecule has 0 saturated carbocycles. The summed E-state index contributed by atoms with van der Waals surface area (Å²) in [5.74, 6) is -0.319. The maximum atomic E-state index is 13.0. The minimum atomic E-state index is -3.61. The van der Waals surface area contributed by atoms with E-state index in [0.29, 0.717) is 17.8 Å². The zero-order chi connectivity index (χ0) is 23.8. The number of hydrogen-bond acceptors (Lipinski definition) is 4. The number of nitrogens with one attached hydrogen (secondary N) is 1. The second kappa shape index (κ2) is 11.0. The molecule has 0 aliphatic carbocycles. The van der Waals surface area contributed by atoms with Gasteiger partial charge in [-0.25, -0.2) is 8.42 Å². The smallest absolute Gasteiger partial charge is 0.253 e. The SMILES string of the molecule is CCN(CC)c1ccc(CNC(=O)c2ccccc2N(Cc2ccccc2)S(C)(=O)=O)cc1. The summed E-state index contributed by atoms with van der Waals surface area (Å²) < 4.78 is 26.5. The lowest BCUT2D eigenvalue weighted by atomic mass is 10.1. The van der Waals surface area contributed by atoms with Crippen molar-refractivity contribution in [2.45, 2.75) is 26.9 Å². The molecule has 174 valence electrons. The first-order valence-electron chi connectivity index (χ1n) is 11.1. The van der Waals surface area contributed by atoms with E-state index in [-0.39, 0.29) is 12.5 Å². The van der Waals surface area contributed by atoms with E-state index in [0.717, 1.165) is 36.2 Å². The number of para-hydroxylation sites is 1. The number of anilines is 2. The van der Waals surface area contributed by atoms with Crippen molar-refractivity contribution < 1.29 is 13.2 Å². The molecule has 0 aliphatic rings. The van der Waals surface area contributed by atoms with Gasteiger partial charge in [0.2, 0.25) is 10.0 Å². The lowest BCUT2D eigenvalue weighted by molar-refractivity contribution is 0.0951. The molecule has 0 radical (unpaired) electrons. The highest BCUT2D eigenvalue weighted by Gasteiger charge is 2.23. The first-order chi connectivity index (χ1) is 15.8. The Morgan fingerprint density at radius 3 is 2.03 bits per heavy atom. The topological polar surface area (TPSA) is 69.7 Å². The van der Waals surface area contributed by atoms with Crippen LogP contribution in [0.1, 0.15) is 35.3 Å². The van der Waals surface area contributed by atoms with Gasteiger partial charge in [-0.15, -0.1) is 0 Å². The van der Waals surface area contributed by atoms with Crippen LogP contribution in [0.5, 0.6) is 0 Å². The van der Waals surface area contributed by atoms with Crippen LogP contribution in [0.25, 0.3) is 0 Å². The molecule has 0 unspecified atom stereocenters. The molecule has 0 saturated heterocycles. The van der Waals surface area contributed by atoms with Crippen LogP contribution in [0.4, 0.5) is 11.4 Å². The van der Waals surface area contributed by atoms with E-state index in [9.17, 15) is 13.2 Å². The molecule has 3 aromatic carbocycles. The highest BCUT2D eigenvalue weighted by molar-refractivity contribution is 7.92. The van der Waals surface area contributed by atoms with Gasteiger partial charge in [0.05, 0.1) is 24.1 Å². The summed E-state index contributed by atoms with van der Waals surface area (Å²) in [4.78, 5) is 15.3. The summed E-state index contributed by atoms with van der Waals surface area (Å²) >= 11 is 0. The molecular formula is C26H31N3O3S. The summed E-state index contributed by atoms with van der Waals surface area (Å²) in [7, 11) is -3.61. The fourth-order valence-corrected chi connectivity index (χ4v) is 4.60. The molecule has 0 atom stereocenters. The fourth-order valence-electron chi connectivity index (χ4n) is 3.70. The molecule has 7 heteroatoms. The Morgan fingerprint density at radius 1 is 0.818 bits per heavy atom.